The van der Waals surface area contributed by atoms with E-state index >= 15 is 0 Å². The molecule has 1 nitrogen and oxygen atoms in total. The summed E-state index contributed by atoms with van der Waals surface area (Å²) in [6.45, 7) is 0. The Morgan fingerprint density at radius 2 is 1.50 bits per heavy atom. The smallest absolute Gasteiger partial charge is 0.0540 e. The zero-order valence-electron chi connectivity index (χ0n) is 4.88. The van der Waals surface area contributed by atoms with Crippen molar-refractivity contribution in [3.05, 3.63) is 0 Å². The van der Waals surface area contributed by atoms with Crippen molar-refractivity contribution in [3.8, 4) is 0 Å². The van der Waals surface area contributed by atoms with Crippen LogP contribution in [0.15, 0.2) is 0 Å². The third-order valence-corrected chi connectivity index (χ3v) is 1.57. The van der Waals surface area contributed by atoms with E-state index in [2.05, 4.69) is 0 Å². The zero-order chi connectivity index (χ0) is 5.11. The molecule has 0 aromatic carbocycles. The van der Waals surface area contributed by atoms with Gasteiger partial charge in [0.05, 0.1) is 6.10 Å². The topological polar surface area (TPSA) is 20.2 Å². The fraction of sp³-hybridized carbons (Fsp3) is 1.00. The van der Waals surface area contributed by atoms with Gasteiger partial charge in [-0.25, -0.2) is 0 Å². The largest absolute Gasteiger partial charge is 0.393 e. The van der Waals surface area contributed by atoms with Crippen LogP contribution in [-0.2, 0) is 16.5 Å². The Morgan fingerprint density at radius 3 is 1.75 bits per heavy atom. The summed E-state index contributed by atoms with van der Waals surface area (Å²) in [6, 6.07) is 0. The summed E-state index contributed by atoms with van der Waals surface area (Å²) < 4.78 is 0. The molecule has 0 saturated heterocycles. The summed E-state index contributed by atoms with van der Waals surface area (Å²) in [7, 11) is 0. The van der Waals surface area contributed by atoms with Crippen LogP contribution in [0.3, 0.4) is 0 Å². The molecule has 1 aliphatic rings. The van der Waals surface area contributed by atoms with Crippen LogP contribution >= 0.6 is 0 Å². The molecule has 0 unspecified atom stereocenters. The third-order valence-electron chi connectivity index (χ3n) is 1.57. The van der Waals surface area contributed by atoms with E-state index in [-0.39, 0.29) is 22.6 Å². The van der Waals surface area contributed by atoms with E-state index in [1.54, 1.807) is 0 Å². The molecular formula is C6H12NiO. The fourth-order valence-corrected chi connectivity index (χ4v) is 1.08. The second-order valence-corrected chi connectivity index (χ2v) is 2.29. The molecule has 52 valence electrons. The second-order valence-electron chi connectivity index (χ2n) is 2.29. The maximum Gasteiger partial charge on any atom is 0.0540 e. The van der Waals surface area contributed by atoms with Crippen molar-refractivity contribution in [3.63, 3.8) is 0 Å². The van der Waals surface area contributed by atoms with Crippen molar-refractivity contribution in [2.24, 2.45) is 0 Å². The second kappa shape index (κ2) is 4.34. The van der Waals surface area contributed by atoms with Crippen molar-refractivity contribution in [1.29, 1.82) is 0 Å². The molecule has 0 spiro atoms. The Morgan fingerprint density at radius 1 is 1.00 bits per heavy atom. The molecule has 0 heterocycles. The first-order valence-electron chi connectivity index (χ1n) is 3.07. The molecule has 0 bridgehead atoms. The maximum atomic E-state index is 8.91. The summed E-state index contributed by atoms with van der Waals surface area (Å²) in [5, 5.41) is 8.91. The van der Waals surface area contributed by atoms with Gasteiger partial charge in [-0.15, -0.1) is 0 Å². The van der Waals surface area contributed by atoms with Gasteiger partial charge in [-0.3, -0.25) is 0 Å². The van der Waals surface area contributed by atoms with Crippen LogP contribution in [0.5, 0.6) is 0 Å². The Kier molecular flexibility index (Phi) is 4.59. The molecule has 0 aliphatic heterocycles. The molecule has 1 saturated carbocycles. The first kappa shape index (κ1) is 8.45. The van der Waals surface area contributed by atoms with Crippen LogP contribution in [0.25, 0.3) is 0 Å². The van der Waals surface area contributed by atoms with Crippen molar-refractivity contribution in [1.82, 2.24) is 0 Å². The van der Waals surface area contributed by atoms with E-state index in [0.717, 1.165) is 12.8 Å². The van der Waals surface area contributed by atoms with Gasteiger partial charge in [-0.1, -0.05) is 19.3 Å². The molecular weight excluding hydrogens is 147 g/mol. The van der Waals surface area contributed by atoms with Gasteiger partial charge >= 0.3 is 0 Å². The number of rotatable bonds is 0. The molecule has 1 N–H and O–H groups in total. The number of hydrogen-bond acceptors (Lipinski definition) is 1. The predicted octanol–water partition coefficient (Wildman–Crippen LogP) is 1.31. The molecule has 2 heteroatoms. The van der Waals surface area contributed by atoms with Crippen molar-refractivity contribution in [2.75, 3.05) is 0 Å². The Bertz CT molecular complexity index is 50.5. The van der Waals surface area contributed by atoms with E-state index in [0.29, 0.717) is 0 Å². The van der Waals surface area contributed by atoms with E-state index in [9.17, 15) is 0 Å². The number of aliphatic hydroxyl groups is 1. The molecule has 0 amide bonds. The minimum Gasteiger partial charge on any atom is -0.393 e. The molecule has 0 aromatic rings. The molecule has 1 fully saturated rings. The van der Waals surface area contributed by atoms with Crippen LogP contribution in [0.1, 0.15) is 32.1 Å². The predicted molar refractivity (Wildman–Crippen MR) is 29.1 cm³/mol. The number of aliphatic hydroxyl groups excluding tert-OH is 1. The quantitative estimate of drug-likeness (QED) is 0.528. The van der Waals surface area contributed by atoms with Crippen molar-refractivity contribution in [2.45, 2.75) is 38.2 Å². The maximum absolute atomic E-state index is 8.91. The van der Waals surface area contributed by atoms with Gasteiger partial charge in [-0.2, -0.15) is 0 Å². The molecule has 0 atom stereocenters. The van der Waals surface area contributed by atoms with E-state index in [1.807, 2.05) is 0 Å². The van der Waals surface area contributed by atoms with Gasteiger partial charge in [0.1, 0.15) is 0 Å². The van der Waals surface area contributed by atoms with Gasteiger partial charge in [0.2, 0.25) is 0 Å². The Labute approximate surface area is 60.4 Å². The van der Waals surface area contributed by atoms with Gasteiger partial charge < -0.3 is 5.11 Å². The van der Waals surface area contributed by atoms with Crippen LogP contribution < -0.4 is 0 Å². The monoisotopic (exact) mass is 158 g/mol. The number of hydrogen-bond donors (Lipinski definition) is 1. The van der Waals surface area contributed by atoms with Crippen LogP contribution in [0, 0.1) is 0 Å². The van der Waals surface area contributed by atoms with Gasteiger partial charge in [-0.05, 0) is 12.8 Å². The molecule has 1 aliphatic carbocycles. The first-order chi connectivity index (χ1) is 3.39. The zero-order valence-corrected chi connectivity index (χ0v) is 5.86. The van der Waals surface area contributed by atoms with E-state index < -0.39 is 0 Å². The third kappa shape index (κ3) is 2.69. The van der Waals surface area contributed by atoms with Gasteiger partial charge in [0.15, 0.2) is 0 Å². The van der Waals surface area contributed by atoms with E-state index in [4.69, 9.17) is 5.11 Å². The standard InChI is InChI=1S/C6H12O.Ni/c7-6-4-2-1-3-5-6;/h6-7H,1-5H2;. The molecule has 1 rings (SSSR count). The fourth-order valence-electron chi connectivity index (χ4n) is 1.08. The first-order valence-corrected chi connectivity index (χ1v) is 3.07. The van der Waals surface area contributed by atoms with Gasteiger partial charge in [0, 0.05) is 16.5 Å². The average molecular weight is 159 g/mol. The average Bonchev–Trinajstić information content (AvgIpc) is 1.69. The Hall–Kier alpha value is 0.454. The van der Waals surface area contributed by atoms with Crippen molar-refractivity contribution < 1.29 is 21.6 Å². The summed E-state index contributed by atoms with van der Waals surface area (Å²) >= 11 is 0. The van der Waals surface area contributed by atoms with Crippen molar-refractivity contribution >= 4 is 0 Å². The summed E-state index contributed by atoms with van der Waals surface area (Å²) in [6.07, 6.45) is 5.92. The van der Waals surface area contributed by atoms with Crippen LogP contribution in [0.4, 0.5) is 0 Å². The van der Waals surface area contributed by atoms with Crippen LogP contribution in [-0.4, -0.2) is 11.2 Å². The SMILES string of the molecule is OC1CCCCC1.[Ni]. The summed E-state index contributed by atoms with van der Waals surface area (Å²) in [5.74, 6) is 0. The minimum absolute atomic E-state index is 0. The molecule has 8 heavy (non-hydrogen) atoms. The summed E-state index contributed by atoms with van der Waals surface area (Å²) in [4.78, 5) is 0. The molecule has 0 radical (unpaired) electrons. The Balaban J connectivity index is 0.000000490. The normalized spacial score (nSPS) is 22.1. The minimum atomic E-state index is 0. The van der Waals surface area contributed by atoms with E-state index in [1.165, 1.54) is 19.3 Å². The van der Waals surface area contributed by atoms with Gasteiger partial charge in [0.25, 0.3) is 0 Å². The molecule has 0 aromatic heterocycles. The van der Waals surface area contributed by atoms with Crippen LogP contribution in [0.2, 0.25) is 0 Å². The summed E-state index contributed by atoms with van der Waals surface area (Å²) in [5.41, 5.74) is 0.